The van der Waals surface area contributed by atoms with Crippen molar-refractivity contribution in [3.8, 4) is 0 Å². The van der Waals surface area contributed by atoms with E-state index in [9.17, 15) is 4.79 Å². The SMILES string of the molecule is CCn1c(=O)c(C)cc2ccc(N)cc21. The van der Waals surface area contributed by atoms with Gasteiger partial charge in [0, 0.05) is 17.8 Å². The monoisotopic (exact) mass is 202 g/mol. The van der Waals surface area contributed by atoms with Crippen molar-refractivity contribution in [3.05, 3.63) is 40.2 Å². The van der Waals surface area contributed by atoms with Gasteiger partial charge in [-0.2, -0.15) is 0 Å². The van der Waals surface area contributed by atoms with E-state index in [1.165, 1.54) is 0 Å². The van der Waals surface area contributed by atoms with Crippen molar-refractivity contribution in [1.29, 1.82) is 0 Å². The molecule has 0 radical (unpaired) electrons. The minimum atomic E-state index is 0.0654. The summed E-state index contributed by atoms with van der Waals surface area (Å²) >= 11 is 0. The normalized spacial score (nSPS) is 10.8. The number of fused-ring (bicyclic) bond motifs is 1. The summed E-state index contributed by atoms with van der Waals surface area (Å²) in [5, 5.41) is 1.06. The summed E-state index contributed by atoms with van der Waals surface area (Å²) in [5.74, 6) is 0. The van der Waals surface area contributed by atoms with E-state index >= 15 is 0 Å². The molecule has 1 aromatic carbocycles. The van der Waals surface area contributed by atoms with Crippen LogP contribution in [-0.4, -0.2) is 4.57 Å². The summed E-state index contributed by atoms with van der Waals surface area (Å²) < 4.78 is 1.75. The van der Waals surface area contributed by atoms with Crippen LogP contribution in [0.5, 0.6) is 0 Å². The molecule has 1 aromatic heterocycles. The molecular weight excluding hydrogens is 188 g/mol. The molecular formula is C12H14N2O. The highest BCUT2D eigenvalue weighted by Crippen LogP contribution is 2.16. The van der Waals surface area contributed by atoms with Crippen molar-refractivity contribution in [3.63, 3.8) is 0 Å². The van der Waals surface area contributed by atoms with E-state index in [4.69, 9.17) is 5.73 Å². The smallest absolute Gasteiger partial charge is 0.253 e. The Bertz CT molecular complexity index is 570. The molecule has 0 fully saturated rings. The van der Waals surface area contributed by atoms with Crippen molar-refractivity contribution in [2.45, 2.75) is 20.4 Å². The Morgan fingerprint density at radius 1 is 1.33 bits per heavy atom. The first-order valence-electron chi connectivity index (χ1n) is 5.03. The third-order valence-corrected chi connectivity index (χ3v) is 2.62. The molecule has 3 heteroatoms. The lowest BCUT2D eigenvalue weighted by molar-refractivity contribution is 0.754. The van der Waals surface area contributed by atoms with Crippen LogP contribution in [0.15, 0.2) is 29.1 Å². The van der Waals surface area contributed by atoms with Crippen LogP contribution in [0.25, 0.3) is 10.9 Å². The van der Waals surface area contributed by atoms with E-state index in [2.05, 4.69) is 0 Å². The van der Waals surface area contributed by atoms with Crippen LogP contribution < -0.4 is 11.3 Å². The maximum Gasteiger partial charge on any atom is 0.253 e. The van der Waals surface area contributed by atoms with Gasteiger partial charge in [-0.25, -0.2) is 0 Å². The number of pyridine rings is 1. The molecule has 2 N–H and O–H groups in total. The van der Waals surface area contributed by atoms with E-state index in [0.29, 0.717) is 12.2 Å². The maximum absolute atomic E-state index is 11.8. The Morgan fingerprint density at radius 3 is 2.73 bits per heavy atom. The molecule has 0 bridgehead atoms. The fourth-order valence-electron chi connectivity index (χ4n) is 1.85. The number of nitrogen functional groups attached to an aromatic ring is 1. The minimum Gasteiger partial charge on any atom is -0.399 e. The molecule has 0 aliphatic rings. The van der Waals surface area contributed by atoms with Crippen molar-refractivity contribution in [2.24, 2.45) is 0 Å². The summed E-state index contributed by atoms with van der Waals surface area (Å²) in [5.41, 5.74) is 8.16. The van der Waals surface area contributed by atoms with Crippen LogP contribution in [0.4, 0.5) is 5.69 Å². The molecule has 0 spiro atoms. The molecule has 2 rings (SSSR count). The number of nitrogens with two attached hydrogens (primary N) is 1. The van der Waals surface area contributed by atoms with Crippen LogP contribution in [0, 0.1) is 6.92 Å². The van der Waals surface area contributed by atoms with E-state index in [1.54, 1.807) is 4.57 Å². The van der Waals surface area contributed by atoms with Gasteiger partial charge in [-0.05, 0) is 37.4 Å². The zero-order valence-electron chi connectivity index (χ0n) is 8.95. The molecule has 0 unspecified atom stereocenters. The largest absolute Gasteiger partial charge is 0.399 e. The second-order valence-electron chi connectivity index (χ2n) is 3.70. The van der Waals surface area contributed by atoms with Gasteiger partial charge in [-0.1, -0.05) is 6.07 Å². The number of hydrogen-bond acceptors (Lipinski definition) is 2. The van der Waals surface area contributed by atoms with Gasteiger partial charge >= 0.3 is 0 Å². The highest BCUT2D eigenvalue weighted by atomic mass is 16.1. The maximum atomic E-state index is 11.8. The number of rotatable bonds is 1. The first-order valence-corrected chi connectivity index (χ1v) is 5.03. The van der Waals surface area contributed by atoms with Gasteiger partial charge < -0.3 is 10.3 Å². The third-order valence-electron chi connectivity index (χ3n) is 2.62. The van der Waals surface area contributed by atoms with E-state index in [0.717, 1.165) is 16.5 Å². The standard InChI is InChI=1S/C12H14N2O/c1-3-14-11-7-10(13)5-4-9(11)6-8(2)12(14)15/h4-7H,3,13H2,1-2H3. The molecule has 2 aromatic rings. The molecule has 0 saturated carbocycles. The number of benzene rings is 1. The van der Waals surface area contributed by atoms with E-state index in [1.807, 2.05) is 38.1 Å². The minimum absolute atomic E-state index is 0.0654. The van der Waals surface area contributed by atoms with Crippen LogP contribution in [-0.2, 0) is 6.54 Å². The molecule has 1 heterocycles. The second kappa shape index (κ2) is 3.42. The predicted octanol–water partition coefficient (Wildman–Crippen LogP) is 1.91. The molecule has 15 heavy (non-hydrogen) atoms. The number of nitrogens with zero attached hydrogens (tertiary/aromatic N) is 1. The second-order valence-corrected chi connectivity index (χ2v) is 3.70. The van der Waals surface area contributed by atoms with Gasteiger partial charge in [-0.15, -0.1) is 0 Å². The molecule has 0 amide bonds. The topological polar surface area (TPSA) is 48.0 Å². The Labute approximate surface area is 88.1 Å². The predicted molar refractivity (Wildman–Crippen MR) is 63.0 cm³/mol. The van der Waals surface area contributed by atoms with Gasteiger partial charge in [0.25, 0.3) is 5.56 Å². The van der Waals surface area contributed by atoms with E-state index in [-0.39, 0.29) is 5.56 Å². The highest BCUT2D eigenvalue weighted by molar-refractivity contribution is 5.82. The van der Waals surface area contributed by atoms with Crippen LogP contribution in [0.2, 0.25) is 0 Å². The van der Waals surface area contributed by atoms with Crippen molar-refractivity contribution >= 4 is 16.6 Å². The number of aromatic nitrogens is 1. The number of hydrogen-bond donors (Lipinski definition) is 1. The van der Waals surface area contributed by atoms with Crippen molar-refractivity contribution in [1.82, 2.24) is 4.57 Å². The lowest BCUT2D eigenvalue weighted by Gasteiger charge is -2.09. The summed E-state index contributed by atoms with van der Waals surface area (Å²) in [6.45, 7) is 4.47. The zero-order chi connectivity index (χ0) is 11.0. The Kier molecular flexibility index (Phi) is 2.23. The molecule has 0 aliphatic heterocycles. The Balaban J connectivity index is 2.96. The van der Waals surface area contributed by atoms with Gasteiger partial charge in [0.05, 0.1) is 5.52 Å². The third kappa shape index (κ3) is 1.50. The fraction of sp³-hybridized carbons (Fsp3) is 0.250. The lowest BCUT2D eigenvalue weighted by atomic mass is 10.1. The van der Waals surface area contributed by atoms with Crippen LogP contribution >= 0.6 is 0 Å². The quantitative estimate of drug-likeness (QED) is 0.718. The highest BCUT2D eigenvalue weighted by Gasteiger charge is 2.04. The summed E-state index contributed by atoms with van der Waals surface area (Å²) in [7, 11) is 0. The van der Waals surface area contributed by atoms with Gasteiger partial charge in [-0.3, -0.25) is 4.79 Å². The number of anilines is 1. The van der Waals surface area contributed by atoms with Gasteiger partial charge in [0.2, 0.25) is 0 Å². The van der Waals surface area contributed by atoms with Crippen LogP contribution in [0.3, 0.4) is 0 Å². The van der Waals surface area contributed by atoms with Crippen molar-refractivity contribution in [2.75, 3.05) is 5.73 Å². The molecule has 3 nitrogen and oxygen atoms in total. The Hall–Kier alpha value is -1.77. The molecule has 0 aliphatic carbocycles. The molecule has 78 valence electrons. The summed E-state index contributed by atoms with van der Waals surface area (Å²) in [6.07, 6.45) is 0. The summed E-state index contributed by atoms with van der Waals surface area (Å²) in [6, 6.07) is 7.55. The Morgan fingerprint density at radius 2 is 2.07 bits per heavy atom. The first-order chi connectivity index (χ1) is 7.13. The summed E-state index contributed by atoms with van der Waals surface area (Å²) in [4.78, 5) is 11.8. The van der Waals surface area contributed by atoms with E-state index < -0.39 is 0 Å². The van der Waals surface area contributed by atoms with Crippen LogP contribution in [0.1, 0.15) is 12.5 Å². The lowest BCUT2D eigenvalue weighted by Crippen LogP contribution is -2.21. The fourth-order valence-corrected chi connectivity index (χ4v) is 1.85. The molecule has 0 atom stereocenters. The van der Waals surface area contributed by atoms with Gasteiger partial charge in [0.15, 0.2) is 0 Å². The van der Waals surface area contributed by atoms with Crippen molar-refractivity contribution < 1.29 is 0 Å². The average Bonchev–Trinajstić information content (AvgIpc) is 2.21. The zero-order valence-corrected chi connectivity index (χ0v) is 8.95. The first kappa shape index (κ1) is 9.77. The average molecular weight is 202 g/mol. The van der Waals surface area contributed by atoms with Gasteiger partial charge in [0.1, 0.15) is 0 Å². The number of aryl methyl sites for hydroxylation is 2. The molecule has 0 saturated heterocycles.